The van der Waals surface area contributed by atoms with E-state index < -0.39 is 0 Å². The molecular formula is C16H16N4. The van der Waals surface area contributed by atoms with Crippen molar-refractivity contribution in [3.8, 4) is 11.3 Å². The van der Waals surface area contributed by atoms with E-state index in [9.17, 15) is 0 Å². The van der Waals surface area contributed by atoms with Crippen LogP contribution in [0.15, 0.2) is 30.3 Å². The van der Waals surface area contributed by atoms with Crippen molar-refractivity contribution in [2.45, 2.75) is 19.8 Å². The summed E-state index contributed by atoms with van der Waals surface area (Å²) in [6.07, 6.45) is 2.12. The van der Waals surface area contributed by atoms with Crippen LogP contribution in [0.5, 0.6) is 0 Å². The van der Waals surface area contributed by atoms with Crippen LogP contribution in [0, 0.1) is 5.92 Å². The molecule has 20 heavy (non-hydrogen) atoms. The molecule has 3 aromatic rings. The highest BCUT2D eigenvalue weighted by molar-refractivity contribution is 5.93. The van der Waals surface area contributed by atoms with Gasteiger partial charge in [-0.25, -0.2) is 4.98 Å². The maximum absolute atomic E-state index is 6.03. The van der Waals surface area contributed by atoms with Gasteiger partial charge in [-0.05, 0) is 29.9 Å². The Balaban J connectivity index is 2.06. The molecule has 100 valence electrons. The fourth-order valence-corrected chi connectivity index (χ4v) is 3.24. The molecule has 4 nitrogen and oxygen atoms in total. The lowest BCUT2D eigenvalue weighted by molar-refractivity contribution is 0.628. The number of nitrogen functional groups attached to an aromatic ring is 1. The number of aromatic nitrogens is 3. The number of nitrogens with two attached hydrogens (primary N) is 1. The molecular weight excluding hydrogens is 248 g/mol. The Bertz CT molecular complexity index is 789. The van der Waals surface area contributed by atoms with Gasteiger partial charge >= 0.3 is 0 Å². The number of nitrogens with zero attached hydrogens (tertiary/aromatic N) is 2. The predicted molar refractivity (Wildman–Crippen MR) is 80.3 cm³/mol. The lowest BCUT2D eigenvalue weighted by Crippen LogP contribution is -1.96. The van der Waals surface area contributed by atoms with Gasteiger partial charge in [0, 0.05) is 5.56 Å². The minimum Gasteiger partial charge on any atom is -0.384 e. The highest BCUT2D eigenvalue weighted by Gasteiger charge is 2.27. The van der Waals surface area contributed by atoms with E-state index in [0.29, 0.717) is 11.7 Å². The number of aromatic amines is 1. The van der Waals surface area contributed by atoms with Gasteiger partial charge in [0.2, 0.25) is 0 Å². The second-order valence-electron chi connectivity index (χ2n) is 5.63. The van der Waals surface area contributed by atoms with Gasteiger partial charge in [0.1, 0.15) is 5.82 Å². The van der Waals surface area contributed by atoms with Gasteiger partial charge in [-0.2, -0.15) is 5.10 Å². The van der Waals surface area contributed by atoms with Crippen molar-refractivity contribution in [1.29, 1.82) is 0 Å². The minimum atomic E-state index is 0.633. The average Bonchev–Trinajstić information content (AvgIpc) is 3.01. The van der Waals surface area contributed by atoms with Gasteiger partial charge in [-0.3, -0.25) is 5.10 Å². The highest BCUT2D eigenvalue weighted by atomic mass is 15.2. The van der Waals surface area contributed by atoms with Crippen molar-refractivity contribution in [1.82, 2.24) is 15.2 Å². The Kier molecular flexibility index (Phi) is 2.33. The number of rotatable bonds is 1. The third-order valence-corrected chi connectivity index (χ3v) is 4.10. The minimum absolute atomic E-state index is 0.633. The van der Waals surface area contributed by atoms with Crippen molar-refractivity contribution < 1.29 is 0 Å². The van der Waals surface area contributed by atoms with E-state index in [2.05, 4.69) is 29.3 Å². The molecule has 0 saturated heterocycles. The van der Waals surface area contributed by atoms with Crippen LogP contribution < -0.4 is 5.73 Å². The molecule has 0 saturated carbocycles. The Morgan fingerprint density at radius 1 is 1.15 bits per heavy atom. The maximum Gasteiger partial charge on any atom is 0.183 e. The number of fused-ring (bicyclic) bond motifs is 3. The van der Waals surface area contributed by atoms with E-state index in [1.165, 1.54) is 11.1 Å². The maximum atomic E-state index is 6.03. The zero-order valence-electron chi connectivity index (χ0n) is 11.4. The predicted octanol–water partition coefficient (Wildman–Crippen LogP) is 2.94. The molecule has 1 aliphatic carbocycles. The second-order valence-corrected chi connectivity index (χ2v) is 5.63. The molecule has 2 aromatic heterocycles. The summed E-state index contributed by atoms with van der Waals surface area (Å²) < 4.78 is 0. The van der Waals surface area contributed by atoms with E-state index in [0.717, 1.165) is 35.1 Å². The Labute approximate surface area is 117 Å². The fourth-order valence-electron chi connectivity index (χ4n) is 3.24. The summed E-state index contributed by atoms with van der Waals surface area (Å²) in [5.74, 6) is 1.27. The van der Waals surface area contributed by atoms with E-state index in [1.54, 1.807) is 0 Å². The second kappa shape index (κ2) is 4.07. The van der Waals surface area contributed by atoms with Gasteiger partial charge in [0.15, 0.2) is 5.65 Å². The Hall–Kier alpha value is -2.36. The smallest absolute Gasteiger partial charge is 0.183 e. The molecule has 0 radical (unpaired) electrons. The largest absolute Gasteiger partial charge is 0.384 e. The summed E-state index contributed by atoms with van der Waals surface area (Å²) in [5, 5.41) is 8.13. The lowest BCUT2D eigenvalue weighted by Gasteiger charge is -2.08. The van der Waals surface area contributed by atoms with Crippen molar-refractivity contribution in [3.63, 3.8) is 0 Å². The number of benzene rings is 1. The highest BCUT2D eigenvalue weighted by Crippen LogP contribution is 2.39. The van der Waals surface area contributed by atoms with E-state index in [-0.39, 0.29) is 0 Å². The van der Waals surface area contributed by atoms with Crippen LogP contribution in [0.2, 0.25) is 0 Å². The first kappa shape index (κ1) is 11.5. The van der Waals surface area contributed by atoms with E-state index in [1.807, 2.05) is 18.2 Å². The Morgan fingerprint density at radius 2 is 1.90 bits per heavy atom. The SMILES string of the molecule is CC1Cc2c(-c3ccccc3)nc3n[nH]c(N)c3c2C1. The van der Waals surface area contributed by atoms with Crippen LogP contribution in [-0.2, 0) is 12.8 Å². The molecule has 0 spiro atoms. The van der Waals surface area contributed by atoms with Gasteiger partial charge in [-0.15, -0.1) is 0 Å². The van der Waals surface area contributed by atoms with Gasteiger partial charge in [0.05, 0.1) is 11.1 Å². The van der Waals surface area contributed by atoms with E-state index >= 15 is 0 Å². The van der Waals surface area contributed by atoms with Crippen molar-refractivity contribution in [3.05, 3.63) is 41.5 Å². The molecule has 1 unspecified atom stereocenters. The molecule has 3 N–H and O–H groups in total. The van der Waals surface area contributed by atoms with Gasteiger partial charge in [0.25, 0.3) is 0 Å². The molecule has 0 amide bonds. The normalized spacial score (nSPS) is 17.6. The molecule has 1 aromatic carbocycles. The molecule has 2 heterocycles. The number of hydrogen-bond donors (Lipinski definition) is 2. The number of nitrogens with one attached hydrogen (secondary N) is 1. The third kappa shape index (κ3) is 1.54. The van der Waals surface area contributed by atoms with Crippen LogP contribution in [-0.4, -0.2) is 15.2 Å². The third-order valence-electron chi connectivity index (χ3n) is 4.10. The van der Waals surface area contributed by atoms with Gasteiger partial charge in [-0.1, -0.05) is 37.3 Å². The van der Waals surface area contributed by atoms with Crippen molar-refractivity contribution in [2.24, 2.45) is 5.92 Å². The summed E-state index contributed by atoms with van der Waals surface area (Å²) in [5.41, 5.74) is 11.6. The molecule has 4 heteroatoms. The molecule has 1 atom stereocenters. The van der Waals surface area contributed by atoms with Gasteiger partial charge < -0.3 is 5.73 Å². The van der Waals surface area contributed by atoms with Crippen LogP contribution in [0.4, 0.5) is 5.82 Å². The van der Waals surface area contributed by atoms with Crippen LogP contribution in [0.1, 0.15) is 18.1 Å². The van der Waals surface area contributed by atoms with E-state index in [4.69, 9.17) is 10.7 Å². The van der Waals surface area contributed by atoms with Crippen LogP contribution >= 0.6 is 0 Å². The topological polar surface area (TPSA) is 67.6 Å². The lowest BCUT2D eigenvalue weighted by atomic mass is 10.0. The molecule has 0 fully saturated rings. The molecule has 0 aliphatic heterocycles. The summed E-state index contributed by atoms with van der Waals surface area (Å²) >= 11 is 0. The molecule has 4 rings (SSSR count). The zero-order chi connectivity index (χ0) is 13.7. The zero-order valence-corrected chi connectivity index (χ0v) is 11.4. The summed E-state index contributed by atoms with van der Waals surface area (Å²) in [4.78, 5) is 4.75. The number of H-pyrrole nitrogens is 1. The molecule has 0 bridgehead atoms. The van der Waals surface area contributed by atoms with Crippen LogP contribution in [0.25, 0.3) is 22.3 Å². The summed E-state index contributed by atoms with van der Waals surface area (Å²) in [7, 11) is 0. The first-order valence-corrected chi connectivity index (χ1v) is 6.94. The number of anilines is 1. The number of hydrogen-bond acceptors (Lipinski definition) is 3. The standard InChI is InChI=1S/C16H16N4/c1-9-7-11-12(8-9)14(10-5-3-2-4-6-10)18-16-13(11)15(17)19-20-16/h2-6,9H,7-8H2,1H3,(H3,17,18,19,20). The monoisotopic (exact) mass is 264 g/mol. The van der Waals surface area contributed by atoms with Crippen molar-refractivity contribution >= 4 is 16.9 Å². The quantitative estimate of drug-likeness (QED) is 0.710. The number of pyridine rings is 1. The average molecular weight is 264 g/mol. The first-order chi connectivity index (χ1) is 9.74. The fraction of sp³-hybridized carbons (Fsp3) is 0.250. The van der Waals surface area contributed by atoms with Crippen molar-refractivity contribution in [2.75, 3.05) is 5.73 Å². The molecule has 1 aliphatic rings. The van der Waals surface area contributed by atoms with Crippen LogP contribution in [0.3, 0.4) is 0 Å². The first-order valence-electron chi connectivity index (χ1n) is 6.94. The summed E-state index contributed by atoms with van der Waals surface area (Å²) in [6.45, 7) is 2.27. The Morgan fingerprint density at radius 3 is 2.70 bits per heavy atom. The summed E-state index contributed by atoms with van der Waals surface area (Å²) in [6, 6.07) is 10.3.